The molecule has 0 aliphatic heterocycles. The molecular formula is C42H28N2. The molecule has 0 fully saturated rings. The average molecular weight is 574 g/mol. The molecule has 0 bridgehead atoms. The highest BCUT2D eigenvalue weighted by Crippen LogP contribution is 2.42. The highest BCUT2D eigenvalue weighted by atomic mass is 15.0. The molecule has 206 valence electrons. The summed E-state index contributed by atoms with van der Waals surface area (Å²) in [6.45, 7) is 0. The first-order chi connectivity index (χ1) is 27.2. The van der Waals surface area contributed by atoms with E-state index in [4.69, 9.17) is 11.0 Å². The SMILES string of the molecule is [2H]c1cc([2H])c(-c2cccc(-c3c([2H])cc([2H])cc3[2H])c2-n2c3c([2H])c([2H])c([2H])c([2H])c3c3c([2H])c(-n4c5ccccc5c5ccccc54)c([2H])c([2H])c32)c([2H])c1. The number of aromatic nitrogens is 2. The van der Waals surface area contributed by atoms with Crippen molar-refractivity contribution in [1.29, 1.82) is 0 Å². The Balaban J connectivity index is 1.56. The minimum atomic E-state index is -0.607. The lowest BCUT2D eigenvalue weighted by Gasteiger charge is -2.19. The van der Waals surface area contributed by atoms with Crippen LogP contribution in [0, 0.1) is 0 Å². The van der Waals surface area contributed by atoms with Gasteiger partial charge >= 0.3 is 0 Å². The van der Waals surface area contributed by atoms with Crippen molar-refractivity contribution in [2.75, 3.05) is 0 Å². The second-order valence-electron chi connectivity index (χ2n) is 10.3. The summed E-state index contributed by atoms with van der Waals surface area (Å²) in [5.41, 5.74) is 1.42. The lowest BCUT2D eigenvalue weighted by Crippen LogP contribution is -2.01. The molecule has 7 aromatic carbocycles. The Morgan fingerprint density at radius 3 is 1.59 bits per heavy atom. The van der Waals surface area contributed by atoms with Crippen molar-refractivity contribution in [3.8, 4) is 33.6 Å². The Kier molecular flexibility index (Phi) is 3.37. The Bertz CT molecular complexity index is 3060. The number of hydrogen-bond donors (Lipinski definition) is 0. The highest BCUT2D eigenvalue weighted by Gasteiger charge is 2.20. The van der Waals surface area contributed by atoms with Crippen LogP contribution < -0.4 is 0 Å². The van der Waals surface area contributed by atoms with Crippen LogP contribution in [0.5, 0.6) is 0 Å². The third-order valence-corrected chi connectivity index (χ3v) is 7.95. The maximum atomic E-state index is 9.92. The van der Waals surface area contributed by atoms with Crippen LogP contribution >= 0.6 is 0 Å². The molecule has 0 atom stereocenters. The van der Waals surface area contributed by atoms with Crippen LogP contribution in [-0.4, -0.2) is 9.13 Å². The van der Waals surface area contributed by atoms with Gasteiger partial charge in [-0.3, -0.25) is 0 Å². The molecule has 0 aliphatic carbocycles. The Hall–Kier alpha value is -5.86. The van der Waals surface area contributed by atoms with E-state index in [2.05, 4.69) is 0 Å². The Labute approximate surface area is 273 Å². The summed E-state index contributed by atoms with van der Waals surface area (Å²) in [5, 5.41) is 1.53. The minimum Gasteiger partial charge on any atom is -0.309 e. The van der Waals surface area contributed by atoms with Gasteiger partial charge in [0.15, 0.2) is 0 Å². The molecule has 9 rings (SSSR count). The average Bonchev–Trinajstić information content (AvgIpc) is 3.69. The summed E-state index contributed by atoms with van der Waals surface area (Å²) in [7, 11) is 0. The molecule has 0 N–H and O–H groups in total. The smallest absolute Gasteiger partial charge is 0.0652 e. The second-order valence-corrected chi connectivity index (χ2v) is 10.3. The van der Waals surface area contributed by atoms with E-state index in [1.165, 1.54) is 28.8 Å². The second kappa shape index (κ2) is 9.86. The van der Waals surface area contributed by atoms with Crippen LogP contribution in [0.2, 0.25) is 0 Å². The summed E-state index contributed by atoms with van der Waals surface area (Å²) in [5.74, 6) is 0. The summed E-state index contributed by atoms with van der Waals surface area (Å²) < 4.78 is 121. The lowest BCUT2D eigenvalue weighted by molar-refractivity contribution is 1.17. The van der Waals surface area contributed by atoms with Crippen molar-refractivity contribution in [1.82, 2.24) is 9.13 Å². The molecule has 0 saturated heterocycles. The number of benzene rings is 7. The van der Waals surface area contributed by atoms with Crippen LogP contribution in [0.1, 0.15) is 17.8 Å². The minimum absolute atomic E-state index is 0.0192. The standard InChI is InChI=1S/C42H28N2/c1-3-14-29(15-4-1)32-21-13-22-33(30-16-5-2-6-17-30)42(32)44-40-25-12-9-20-36(40)37-28-31(26-27-41(37)44)43-38-23-10-7-18-34(38)35-19-8-11-24-39(35)43/h1-28H/i1D,2D,9D,12D,14D,15D,16D,17D,20D,25D,26D,27D,28D. The maximum absolute atomic E-state index is 9.92. The molecule has 2 heteroatoms. The van der Waals surface area contributed by atoms with Crippen molar-refractivity contribution in [3.05, 3.63) is 170 Å². The van der Waals surface area contributed by atoms with Gasteiger partial charge in [0.1, 0.15) is 0 Å². The van der Waals surface area contributed by atoms with Crippen LogP contribution in [0.3, 0.4) is 0 Å². The predicted octanol–water partition coefficient (Wildman–Crippen LogP) is 11.2. The van der Waals surface area contributed by atoms with Crippen molar-refractivity contribution in [2.24, 2.45) is 0 Å². The van der Waals surface area contributed by atoms with Crippen LogP contribution in [0.15, 0.2) is 170 Å². The first kappa shape index (κ1) is 15.0. The molecule has 0 spiro atoms. The molecule has 0 unspecified atom stereocenters. The van der Waals surface area contributed by atoms with Crippen molar-refractivity contribution in [2.45, 2.75) is 0 Å². The predicted molar refractivity (Wildman–Crippen MR) is 186 cm³/mol. The zero-order valence-electron chi connectivity index (χ0n) is 36.1. The Morgan fingerprint density at radius 2 is 0.955 bits per heavy atom. The third-order valence-electron chi connectivity index (χ3n) is 7.95. The Morgan fingerprint density at radius 1 is 0.386 bits per heavy atom. The van der Waals surface area contributed by atoms with Crippen molar-refractivity contribution < 1.29 is 17.8 Å². The number of para-hydroxylation sites is 4. The summed E-state index contributed by atoms with van der Waals surface area (Å²) in [6, 6.07) is 20.4. The molecular weight excluding hydrogens is 532 g/mol. The molecule has 9 aromatic rings. The van der Waals surface area contributed by atoms with E-state index in [9.17, 15) is 6.85 Å². The van der Waals surface area contributed by atoms with Gasteiger partial charge in [-0.1, -0.05) is 133 Å². The zero-order chi connectivity index (χ0) is 40.3. The van der Waals surface area contributed by atoms with Crippen LogP contribution in [0.4, 0.5) is 0 Å². The van der Waals surface area contributed by atoms with Crippen LogP contribution in [0.25, 0.3) is 77.2 Å². The zero-order valence-corrected chi connectivity index (χ0v) is 23.1. The summed E-state index contributed by atoms with van der Waals surface area (Å²) >= 11 is 0. The molecule has 0 amide bonds. The van der Waals surface area contributed by atoms with Crippen molar-refractivity contribution in [3.63, 3.8) is 0 Å². The van der Waals surface area contributed by atoms with Gasteiger partial charge < -0.3 is 9.13 Å². The fourth-order valence-corrected chi connectivity index (χ4v) is 6.12. The van der Waals surface area contributed by atoms with E-state index in [1.807, 2.05) is 48.5 Å². The largest absolute Gasteiger partial charge is 0.309 e. The number of nitrogens with zero attached hydrogens (tertiary/aromatic N) is 2. The quantitative estimate of drug-likeness (QED) is 0.198. The fourth-order valence-electron chi connectivity index (χ4n) is 6.12. The van der Waals surface area contributed by atoms with E-state index in [1.54, 1.807) is 22.8 Å². The van der Waals surface area contributed by atoms with Gasteiger partial charge in [-0.15, -0.1) is 0 Å². The third kappa shape index (κ3) is 3.68. The molecule has 0 radical (unpaired) electrons. The summed E-state index contributed by atoms with van der Waals surface area (Å²) in [4.78, 5) is 0. The number of rotatable bonds is 4. The number of fused-ring (bicyclic) bond motifs is 6. The van der Waals surface area contributed by atoms with E-state index < -0.39 is 30.2 Å². The van der Waals surface area contributed by atoms with Gasteiger partial charge in [0, 0.05) is 38.4 Å². The first-order valence-electron chi connectivity index (χ1n) is 20.5. The summed E-state index contributed by atoms with van der Waals surface area (Å²) in [6.07, 6.45) is 0. The number of hydrogen-bond acceptors (Lipinski definition) is 0. The van der Waals surface area contributed by atoms with Gasteiger partial charge in [-0.05, 0) is 47.4 Å². The molecule has 44 heavy (non-hydrogen) atoms. The normalized spacial score (nSPS) is 15.8. The van der Waals surface area contributed by atoms with E-state index >= 15 is 0 Å². The molecule has 2 nitrogen and oxygen atoms in total. The van der Waals surface area contributed by atoms with E-state index in [0.29, 0.717) is 11.0 Å². The van der Waals surface area contributed by atoms with Crippen molar-refractivity contribution >= 4 is 43.6 Å². The van der Waals surface area contributed by atoms with Gasteiger partial charge in [-0.25, -0.2) is 0 Å². The first-order valence-corrected chi connectivity index (χ1v) is 14.0. The molecule has 2 heterocycles. The van der Waals surface area contributed by atoms with Gasteiger partial charge in [-0.2, -0.15) is 0 Å². The highest BCUT2D eigenvalue weighted by molar-refractivity contribution is 6.13. The maximum Gasteiger partial charge on any atom is 0.0652 e. The van der Waals surface area contributed by atoms with Gasteiger partial charge in [0.25, 0.3) is 0 Å². The van der Waals surface area contributed by atoms with Crippen LogP contribution in [-0.2, 0) is 0 Å². The molecule has 0 saturated carbocycles. The van der Waals surface area contributed by atoms with E-state index in [-0.39, 0.29) is 104 Å². The van der Waals surface area contributed by atoms with E-state index in [0.717, 1.165) is 10.8 Å². The fraction of sp³-hybridized carbons (Fsp3) is 0. The molecule has 2 aromatic heterocycles. The molecule has 0 aliphatic rings. The monoisotopic (exact) mass is 573 g/mol. The van der Waals surface area contributed by atoms with Gasteiger partial charge in [0.2, 0.25) is 0 Å². The lowest BCUT2D eigenvalue weighted by atomic mass is 9.95. The topological polar surface area (TPSA) is 9.86 Å². The van der Waals surface area contributed by atoms with Gasteiger partial charge in [0.05, 0.1) is 45.6 Å².